The molecule has 1 saturated carbocycles. The largest absolute Gasteiger partial charge is 0.349 e. The van der Waals surface area contributed by atoms with Crippen molar-refractivity contribution in [3.05, 3.63) is 29.8 Å². The van der Waals surface area contributed by atoms with Crippen LogP contribution in [-0.2, 0) is 0 Å². The summed E-state index contributed by atoms with van der Waals surface area (Å²) in [5, 5.41) is 3.07. The first-order valence-corrected chi connectivity index (χ1v) is 6.07. The average Bonchev–Trinajstić information content (AvgIpc) is 2.74. The van der Waals surface area contributed by atoms with Crippen molar-refractivity contribution in [2.45, 2.75) is 32.2 Å². The van der Waals surface area contributed by atoms with Gasteiger partial charge in [0.25, 0.3) is 5.91 Å². The topological polar surface area (TPSA) is 67.2 Å². The van der Waals surface area contributed by atoms with Gasteiger partial charge in [0.05, 0.1) is 11.3 Å². The maximum absolute atomic E-state index is 12.1. The number of carbonyl (C=O) groups excluding carboxylic acids is 1. The zero-order chi connectivity index (χ0) is 12.3. The Morgan fingerprint density at radius 2 is 2.12 bits per heavy atom. The zero-order valence-corrected chi connectivity index (χ0v) is 10.1. The number of carbonyl (C=O) groups is 1. The highest BCUT2D eigenvalue weighted by Gasteiger charge is 2.23. The van der Waals surface area contributed by atoms with Gasteiger partial charge in [0.15, 0.2) is 0 Å². The third-order valence-electron chi connectivity index (χ3n) is 3.36. The van der Waals surface area contributed by atoms with E-state index in [4.69, 9.17) is 5.84 Å². The van der Waals surface area contributed by atoms with Crippen molar-refractivity contribution in [1.29, 1.82) is 0 Å². The Bertz CT molecular complexity index is 405. The molecule has 0 heterocycles. The Morgan fingerprint density at radius 3 is 2.76 bits per heavy atom. The lowest BCUT2D eigenvalue weighted by Crippen LogP contribution is -2.33. The van der Waals surface area contributed by atoms with E-state index in [2.05, 4.69) is 17.7 Å². The Morgan fingerprint density at radius 1 is 1.35 bits per heavy atom. The Hall–Kier alpha value is -1.55. The molecule has 92 valence electrons. The molecule has 4 N–H and O–H groups in total. The van der Waals surface area contributed by atoms with Crippen LogP contribution < -0.4 is 16.6 Å². The smallest absolute Gasteiger partial charge is 0.253 e. The van der Waals surface area contributed by atoms with Gasteiger partial charge in [-0.15, -0.1) is 0 Å². The van der Waals surface area contributed by atoms with E-state index in [9.17, 15) is 4.79 Å². The number of hydrogen-bond acceptors (Lipinski definition) is 3. The summed E-state index contributed by atoms with van der Waals surface area (Å²) in [6.45, 7) is 2.22. The minimum atomic E-state index is -0.0438. The summed E-state index contributed by atoms with van der Waals surface area (Å²) in [6, 6.07) is 7.58. The van der Waals surface area contributed by atoms with Gasteiger partial charge in [0.2, 0.25) is 0 Å². The molecule has 1 aromatic rings. The molecule has 0 aliphatic heterocycles. The van der Waals surface area contributed by atoms with Gasteiger partial charge in [-0.2, -0.15) is 0 Å². The molecule has 1 fully saturated rings. The molecule has 0 aromatic heterocycles. The molecule has 17 heavy (non-hydrogen) atoms. The van der Waals surface area contributed by atoms with E-state index < -0.39 is 0 Å². The minimum Gasteiger partial charge on any atom is -0.349 e. The van der Waals surface area contributed by atoms with Crippen molar-refractivity contribution in [2.75, 3.05) is 5.43 Å². The Balaban J connectivity index is 2.04. The second-order valence-corrected chi connectivity index (χ2v) is 4.78. The van der Waals surface area contributed by atoms with Crippen molar-refractivity contribution in [1.82, 2.24) is 5.32 Å². The van der Waals surface area contributed by atoms with Crippen molar-refractivity contribution < 1.29 is 4.79 Å². The Kier molecular flexibility index (Phi) is 3.64. The molecule has 0 radical (unpaired) electrons. The zero-order valence-electron chi connectivity index (χ0n) is 10.1. The third-order valence-corrected chi connectivity index (χ3v) is 3.36. The first-order chi connectivity index (χ1) is 8.20. The van der Waals surface area contributed by atoms with Crippen LogP contribution in [0.5, 0.6) is 0 Å². The Labute approximate surface area is 102 Å². The van der Waals surface area contributed by atoms with E-state index >= 15 is 0 Å². The number of anilines is 1. The highest BCUT2D eigenvalue weighted by molar-refractivity contribution is 5.99. The maximum atomic E-state index is 12.1. The monoisotopic (exact) mass is 233 g/mol. The number of amides is 1. The number of para-hydroxylation sites is 1. The van der Waals surface area contributed by atoms with Crippen LogP contribution in [0, 0.1) is 5.92 Å². The number of benzene rings is 1. The van der Waals surface area contributed by atoms with Crippen molar-refractivity contribution in [3.63, 3.8) is 0 Å². The lowest BCUT2D eigenvalue weighted by atomic mass is 10.1. The molecule has 2 rings (SSSR count). The normalized spacial score (nSPS) is 23.4. The van der Waals surface area contributed by atoms with Crippen molar-refractivity contribution in [3.8, 4) is 0 Å². The fourth-order valence-electron chi connectivity index (χ4n) is 2.41. The van der Waals surface area contributed by atoms with Crippen molar-refractivity contribution in [2.24, 2.45) is 11.8 Å². The quantitative estimate of drug-likeness (QED) is 0.551. The summed E-state index contributed by atoms with van der Waals surface area (Å²) in [6.07, 6.45) is 3.34. The molecule has 2 atom stereocenters. The standard InChI is InChI=1S/C13H19N3O/c1-9-6-7-10(8-9)15-13(17)11-4-2-3-5-12(11)16-14/h2-5,9-10,16H,6-8,14H2,1H3,(H,15,17). The molecule has 1 amide bonds. The minimum absolute atomic E-state index is 0.0438. The van der Waals surface area contributed by atoms with E-state index in [1.54, 1.807) is 12.1 Å². The molecule has 2 unspecified atom stereocenters. The van der Waals surface area contributed by atoms with Crippen LogP contribution in [0.15, 0.2) is 24.3 Å². The van der Waals surface area contributed by atoms with E-state index in [0.717, 1.165) is 12.8 Å². The molecule has 4 nitrogen and oxygen atoms in total. The van der Waals surface area contributed by atoms with Crippen LogP contribution in [0.3, 0.4) is 0 Å². The van der Waals surface area contributed by atoms with Gasteiger partial charge in [0, 0.05) is 6.04 Å². The summed E-state index contributed by atoms with van der Waals surface area (Å²) < 4.78 is 0. The van der Waals surface area contributed by atoms with Gasteiger partial charge in [-0.1, -0.05) is 19.1 Å². The van der Waals surface area contributed by atoms with Gasteiger partial charge < -0.3 is 10.7 Å². The van der Waals surface area contributed by atoms with Crippen LogP contribution in [0.25, 0.3) is 0 Å². The van der Waals surface area contributed by atoms with Gasteiger partial charge >= 0.3 is 0 Å². The number of nitrogens with one attached hydrogen (secondary N) is 2. The second kappa shape index (κ2) is 5.19. The third kappa shape index (κ3) is 2.77. The second-order valence-electron chi connectivity index (χ2n) is 4.78. The van der Waals surface area contributed by atoms with E-state index in [1.807, 2.05) is 12.1 Å². The number of rotatable bonds is 3. The highest BCUT2D eigenvalue weighted by Crippen LogP contribution is 2.25. The fourth-order valence-corrected chi connectivity index (χ4v) is 2.41. The molecule has 4 heteroatoms. The number of hydrogen-bond donors (Lipinski definition) is 3. The number of nitrogens with two attached hydrogens (primary N) is 1. The summed E-state index contributed by atoms with van der Waals surface area (Å²) in [4.78, 5) is 12.1. The molecule has 1 aliphatic rings. The summed E-state index contributed by atoms with van der Waals surface area (Å²) in [7, 11) is 0. The fraction of sp³-hybridized carbons (Fsp3) is 0.462. The predicted molar refractivity (Wildman–Crippen MR) is 68.5 cm³/mol. The predicted octanol–water partition coefficient (Wildman–Crippen LogP) is 1.89. The molecule has 1 aliphatic carbocycles. The molecule has 1 aromatic carbocycles. The SMILES string of the molecule is CC1CCC(NC(=O)c2ccccc2NN)C1. The van der Waals surface area contributed by atoms with Crippen LogP contribution in [0.4, 0.5) is 5.69 Å². The number of nitrogen functional groups attached to an aromatic ring is 1. The lowest BCUT2D eigenvalue weighted by molar-refractivity contribution is 0.0938. The molecular formula is C13H19N3O. The van der Waals surface area contributed by atoms with Gasteiger partial charge in [-0.3, -0.25) is 10.6 Å². The first kappa shape index (κ1) is 11.9. The summed E-state index contributed by atoms with van der Waals surface area (Å²) in [5.74, 6) is 6.06. The number of hydrazine groups is 1. The van der Waals surface area contributed by atoms with Crippen LogP contribution >= 0.6 is 0 Å². The van der Waals surface area contributed by atoms with E-state index in [0.29, 0.717) is 23.2 Å². The molecule has 0 bridgehead atoms. The van der Waals surface area contributed by atoms with Gasteiger partial charge in [0.1, 0.15) is 0 Å². The van der Waals surface area contributed by atoms with E-state index in [-0.39, 0.29) is 5.91 Å². The van der Waals surface area contributed by atoms with E-state index in [1.165, 1.54) is 6.42 Å². The van der Waals surface area contributed by atoms with Crippen LogP contribution in [0.1, 0.15) is 36.5 Å². The maximum Gasteiger partial charge on any atom is 0.253 e. The molecule has 0 spiro atoms. The molecule has 0 saturated heterocycles. The highest BCUT2D eigenvalue weighted by atomic mass is 16.1. The van der Waals surface area contributed by atoms with Crippen molar-refractivity contribution >= 4 is 11.6 Å². The first-order valence-electron chi connectivity index (χ1n) is 6.07. The average molecular weight is 233 g/mol. The summed E-state index contributed by atoms with van der Waals surface area (Å²) in [5.41, 5.74) is 3.82. The lowest BCUT2D eigenvalue weighted by Gasteiger charge is -2.14. The van der Waals surface area contributed by atoms with Crippen LogP contribution in [-0.4, -0.2) is 11.9 Å². The van der Waals surface area contributed by atoms with Crippen LogP contribution in [0.2, 0.25) is 0 Å². The molecular weight excluding hydrogens is 214 g/mol. The van der Waals surface area contributed by atoms with Gasteiger partial charge in [-0.25, -0.2) is 0 Å². The summed E-state index contributed by atoms with van der Waals surface area (Å²) >= 11 is 0. The van der Waals surface area contributed by atoms with Gasteiger partial charge in [-0.05, 0) is 37.3 Å².